The maximum absolute atomic E-state index is 14.4. The van der Waals surface area contributed by atoms with Gasteiger partial charge in [-0.15, -0.1) is 0 Å². The van der Waals surface area contributed by atoms with Crippen LogP contribution in [0.5, 0.6) is 0 Å². The van der Waals surface area contributed by atoms with Gasteiger partial charge in [-0.05, 0) is 61.3 Å². The standard InChI is InChI=1S/C17H13ClF3N3/c1-3-24(11-7-9(2)6-10(19)8-11)16-14-13(22-17(18)23-16)5-4-12(20)15(14)21/h4-8H,3H2,1-2H3. The van der Waals surface area contributed by atoms with Crippen LogP contribution in [0.2, 0.25) is 5.28 Å². The summed E-state index contributed by atoms with van der Waals surface area (Å²) in [4.78, 5) is 9.56. The molecule has 3 aromatic rings. The van der Waals surface area contributed by atoms with Crippen LogP contribution in [-0.2, 0) is 0 Å². The first-order chi connectivity index (χ1) is 11.4. The highest BCUT2D eigenvalue weighted by Gasteiger charge is 2.20. The normalized spacial score (nSPS) is 11.1. The second kappa shape index (κ2) is 6.28. The quantitative estimate of drug-likeness (QED) is 0.610. The smallest absolute Gasteiger partial charge is 0.224 e. The van der Waals surface area contributed by atoms with Crippen molar-refractivity contribution >= 4 is 34.0 Å². The van der Waals surface area contributed by atoms with Gasteiger partial charge in [0, 0.05) is 12.2 Å². The Morgan fingerprint density at radius 1 is 1.08 bits per heavy atom. The van der Waals surface area contributed by atoms with Gasteiger partial charge in [0.15, 0.2) is 11.6 Å². The molecule has 124 valence electrons. The third-order valence-corrected chi connectivity index (χ3v) is 3.79. The van der Waals surface area contributed by atoms with Crippen LogP contribution < -0.4 is 4.90 Å². The first-order valence-corrected chi connectivity index (χ1v) is 7.64. The molecule has 1 heterocycles. The summed E-state index contributed by atoms with van der Waals surface area (Å²) in [5.74, 6) is -2.42. The predicted molar refractivity (Wildman–Crippen MR) is 88.3 cm³/mol. The molecule has 0 saturated carbocycles. The molecular formula is C17H13ClF3N3. The van der Waals surface area contributed by atoms with Crippen LogP contribution in [0.3, 0.4) is 0 Å². The lowest BCUT2D eigenvalue weighted by atomic mass is 10.1. The molecule has 0 bridgehead atoms. The van der Waals surface area contributed by atoms with E-state index in [1.165, 1.54) is 18.2 Å². The lowest BCUT2D eigenvalue weighted by Crippen LogP contribution is -2.19. The van der Waals surface area contributed by atoms with Crippen LogP contribution in [0.15, 0.2) is 30.3 Å². The van der Waals surface area contributed by atoms with Crippen LogP contribution in [0, 0.1) is 24.4 Å². The minimum Gasteiger partial charge on any atom is -0.326 e. The molecule has 7 heteroatoms. The van der Waals surface area contributed by atoms with Gasteiger partial charge in [-0.2, -0.15) is 4.98 Å². The Balaban J connectivity index is 2.31. The first kappa shape index (κ1) is 16.5. The summed E-state index contributed by atoms with van der Waals surface area (Å²) in [7, 11) is 0. The maximum Gasteiger partial charge on any atom is 0.224 e. The number of aromatic nitrogens is 2. The van der Waals surface area contributed by atoms with E-state index in [4.69, 9.17) is 11.6 Å². The highest BCUT2D eigenvalue weighted by atomic mass is 35.5. The van der Waals surface area contributed by atoms with Crippen molar-refractivity contribution in [3.05, 3.63) is 58.6 Å². The van der Waals surface area contributed by atoms with Gasteiger partial charge in [0.1, 0.15) is 11.6 Å². The van der Waals surface area contributed by atoms with E-state index in [0.29, 0.717) is 17.8 Å². The number of nitrogens with zero attached hydrogens (tertiary/aromatic N) is 3. The van der Waals surface area contributed by atoms with Crippen molar-refractivity contribution in [2.45, 2.75) is 13.8 Å². The molecule has 0 aliphatic carbocycles. The zero-order valence-electron chi connectivity index (χ0n) is 12.9. The van der Waals surface area contributed by atoms with Gasteiger partial charge >= 0.3 is 0 Å². The maximum atomic E-state index is 14.4. The molecule has 0 spiro atoms. The van der Waals surface area contributed by atoms with E-state index in [2.05, 4.69) is 9.97 Å². The average molecular weight is 352 g/mol. The minimum absolute atomic E-state index is 0.0921. The van der Waals surface area contributed by atoms with Crippen LogP contribution >= 0.6 is 11.6 Å². The van der Waals surface area contributed by atoms with E-state index in [-0.39, 0.29) is 22.0 Å². The van der Waals surface area contributed by atoms with Gasteiger partial charge in [-0.25, -0.2) is 18.2 Å². The number of halogens is 4. The summed E-state index contributed by atoms with van der Waals surface area (Å²) in [6, 6.07) is 6.71. The molecule has 0 saturated heterocycles. The Labute approximate surface area is 141 Å². The van der Waals surface area contributed by atoms with Gasteiger partial charge in [0.05, 0.1) is 10.9 Å². The van der Waals surface area contributed by atoms with Crippen molar-refractivity contribution in [1.29, 1.82) is 0 Å². The molecule has 1 aromatic heterocycles. The highest BCUT2D eigenvalue weighted by molar-refractivity contribution is 6.28. The van der Waals surface area contributed by atoms with Crippen molar-refractivity contribution in [1.82, 2.24) is 9.97 Å². The molecule has 0 atom stereocenters. The number of benzene rings is 2. The topological polar surface area (TPSA) is 29.0 Å². The van der Waals surface area contributed by atoms with Gasteiger partial charge in [0.25, 0.3) is 0 Å². The SMILES string of the molecule is CCN(c1cc(C)cc(F)c1)c1nc(Cl)nc2ccc(F)c(F)c12. The fraction of sp³-hybridized carbons (Fsp3) is 0.176. The molecule has 0 N–H and O–H groups in total. The Morgan fingerprint density at radius 2 is 1.83 bits per heavy atom. The fourth-order valence-corrected chi connectivity index (χ4v) is 2.81. The molecule has 2 aromatic carbocycles. The van der Waals surface area contributed by atoms with Crippen LogP contribution in [-0.4, -0.2) is 16.5 Å². The van der Waals surface area contributed by atoms with E-state index < -0.39 is 17.5 Å². The number of hydrogen-bond acceptors (Lipinski definition) is 3. The lowest BCUT2D eigenvalue weighted by Gasteiger charge is -2.24. The second-order valence-electron chi connectivity index (χ2n) is 5.30. The van der Waals surface area contributed by atoms with E-state index in [1.54, 1.807) is 24.8 Å². The number of aryl methyl sites for hydroxylation is 1. The molecule has 0 fully saturated rings. The number of rotatable bonds is 3. The fourth-order valence-electron chi connectivity index (χ4n) is 2.64. The summed E-state index contributed by atoms with van der Waals surface area (Å²) in [5.41, 5.74) is 1.34. The number of fused-ring (bicyclic) bond motifs is 1. The van der Waals surface area contributed by atoms with Crippen molar-refractivity contribution in [2.75, 3.05) is 11.4 Å². The number of anilines is 2. The molecule has 24 heavy (non-hydrogen) atoms. The summed E-state index contributed by atoms with van der Waals surface area (Å²) in [5, 5.41) is -0.196. The van der Waals surface area contributed by atoms with Gasteiger partial charge < -0.3 is 4.90 Å². The third-order valence-electron chi connectivity index (χ3n) is 3.62. The van der Waals surface area contributed by atoms with E-state index >= 15 is 0 Å². The first-order valence-electron chi connectivity index (χ1n) is 7.26. The zero-order chi connectivity index (χ0) is 17.4. The summed E-state index contributed by atoms with van der Waals surface area (Å²) in [6.45, 7) is 3.88. The predicted octanol–water partition coefficient (Wildman–Crippen LogP) is 5.17. The van der Waals surface area contributed by atoms with E-state index in [9.17, 15) is 13.2 Å². The zero-order valence-corrected chi connectivity index (χ0v) is 13.7. The van der Waals surface area contributed by atoms with Crippen molar-refractivity contribution in [3.8, 4) is 0 Å². The molecule has 0 amide bonds. The molecule has 0 unspecified atom stereocenters. The number of hydrogen-bond donors (Lipinski definition) is 0. The second-order valence-corrected chi connectivity index (χ2v) is 5.64. The minimum atomic E-state index is -1.06. The Morgan fingerprint density at radius 3 is 2.50 bits per heavy atom. The molecule has 3 rings (SSSR count). The van der Waals surface area contributed by atoms with E-state index in [0.717, 1.165) is 6.07 Å². The largest absolute Gasteiger partial charge is 0.326 e. The molecule has 3 nitrogen and oxygen atoms in total. The monoisotopic (exact) mass is 351 g/mol. The van der Waals surface area contributed by atoms with E-state index in [1.807, 2.05) is 0 Å². The molecule has 0 radical (unpaired) electrons. The Kier molecular flexibility index (Phi) is 4.32. The third kappa shape index (κ3) is 2.89. The van der Waals surface area contributed by atoms with Gasteiger partial charge in [-0.1, -0.05) is 0 Å². The summed E-state index contributed by atoms with van der Waals surface area (Å²) in [6.07, 6.45) is 0. The van der Waals surface area contributed by atoms with Gasteiger partial charge in [-0.3, -0.25) is 0 Å². The Hall–Kier alpha value is -2.34. The van der Waals surface area contributed by atoms with Crippen LogP contribution in [0.4, 0.5) is 24.7 Å². The molecule has 0 aliphatic heterocycles. The van der Waals surface area contributed by atoms with Crippen LogP contribution in [0.25, 0.3) is 10.9 Å². The van der Waals surface area contributed by atoms with Gasteiger partial charge in [0.2, 0.25) is 5.28 Å². The van der Waals surface area contributed by atoms with Crippen molar-refractivity contribution in [3.63, 3.8) is 0 Å². The summed E-state index contributed by atoms with van der Waals surface area (Å²) < 4.78 is 41.8. The highest BCUT2D eigenvalue weighted by Crippen LogP contribution is 2.34. The van der Waals surface area contributed by atoms with Crippen LogP contribution in [0.1, 0.15) is 12.5 Å². The Bertz CT molecular complexity index is 910. The van der Waals surface area contributed by atoms with Crippen molar-refractivity contribution in [2.24, 2.45) is 0 Å². The molecular weight excluding hydrogens is 339 g/mol. The summed E-state index contributed by atoms with van der Waals surface area (Å²) >= 11 is 5.93. The average Bonchev–Trinajstić information content (AvgIpc) is 2.50. The lowest BCUT2D eigenvalue weighted by molar-refractivity contribution is 0.516. The van der Waals surface area contributed by atoms with Crippen molar-refractivity contribution < 1.29 is 13.2 Å². The molecule has 0 aliphatic rings.